The van der Waals surface area contributed by atoms with Crippen molar-refractivity contribution >= 4 is 16.7 Å². The van der Waals surface area contributed by atoms with Gasteiger partial charge in [-0.05, 0) is 54.4 Å². The number of aromatic amines is 2. The van der Waals surface area contributed by atoms with E-state index in [9.17, 15) is 18.0 Å². The van der Waals surface area contributed by atoms with E-state index in [0.717, 1.165) is 0 Å². The molecule has 0 spiro atoms. The van der Waals surface area contributed by atoms with Gasteiger partial charge in [-0.25, -0.2) is 4.99 Å². The maximum absolute atomic E-state index is 12.6. The Morgan fingerprint density at radius 3 is 2.53 bits per heavy atom. The first-order valence-corrected chi connectivity index (χ1v) is 9.51. The first-order chi connectivity index (χ1) is 15.2. The van der Waals surface area contributed by atoms with Crippen LogP contribution in [0.2, 0.25) is 0 Å². The number of rotatable bonds is 3. The minimum Gasteiger partial charge on any atom is -0.406 e. The molecule has 0 amide bonds. The van der Waals surface area contributed by atoms with E-state index in [1.54, 1.807) is 55.6 Å². The van der Waals surface area contributed by atoms with E-state index in [2.05, 4.69) is 19.7 Å². The van der Waals surface area contributed by atoms with Gasteiger partial charge in [0, 0.05) is 22.7 Å². The second-order valence-electron chi connectivity index (χ2n) is 7.00. The summed E-state index contributed by atoms with van der Waals surface area (Å²) < 4.78 is 41.3. The number of para-hydroxylation sites is 1. The predicted octanol–water partition coefficient (Wildman–Crippen LogP) is 4.66. The van der Waals surface area contributed by atoms with Crippen LogP contribution in [-0.4, -0.2) is 22.2 Å². The number of hydrogen-bond donors (Lipinski definition) is 3. The fraction of sp³-hybridized carbons (Fsp3) is 0.0870. The monoisotopic (exact) mass is 438 g/mol. The maximum atomic E-state index is 12.6. The molecule has 2 aromatic heterocycles. The Labute approximate surface area is 179 Å². The van der Waals surface area contributed by atoms with Crippen LogP contribution in [0.3, 0.4) is 0 Å². The number of nitrogens with zero attached hydrogens (tertiary/aromatic N) is 1. The average molecular weight is 438 g/mol. The molecule has 0 atom stereocenters. The smallest absolute Gasteiger partial charge is 0.406 e. The molecule has 0 bridgehead atoms. The normalized spacial score (nSPS) is 12.2. The van der Waals surface area contributed by atoms with Crippen molar-refractivity contribution in [2.24, 2.45) is 4.99 Å². The Kier molecular flexibility index (Phi) is 5.40. The third-order valence-electron chi connectivity index (χ3n) is 4.81. The van der Waals surface area contributed by atoms with Gasteiger partial charge in [-0.1, -0.05) is 24.3 Å². The molecule has 0 saturated heterocycles. The molecule has 9 heteroatoms. The Morgan fingerprint density at radius 1 is 1.03 bits per heavy atom. The van der Waals surface area contributed by atoms with E-state index in [1.807, 2.05) is 0 Å². The molecule has 2 aromatic carbocycles. The SMILES string of the molecule is Cc1c(C(=N)/N=c2/ccc(-c3cccc(OC(F)(F)F)c3)c[nH]2)[nH]c2ccccc2c1=O. The summed E-state index contributed by atoms with van der Waals surface area (Å²) in [4.78, 5) is 22.8. The number of ether oxygens (including phenoxy) is 1. The zero-order valence-corrected chi connectivity index (χ0v) is 16.7. The van der Waals surface area contributed by atoms with Crippen molar-refractivity contribution in [2.75, 3.05) is 0 Å². The van der Waals surface area contributed by atoms with Crippen LogP contribution >= 0.6 is 0 Å². The van der Waals surface area contributed by atoms with Crippen LogP contribution in [-0.2, 0) is 0 Å². The highest BCUT2D eigenvalue weighted by Crippen LogP contribution is 2.27. The lowest BCUT2D eigenvalue weighted by Gasteiger charge is -2.10. The molecule has 0 fully saturated rings. The fourth-order valence-corrected chi connectivity index (χ4v) is 3.29. The van der Waals surface area contributed by atoms with Gasteiger partial charge in [-0.15, -0.1) is 13.2 Å². The molecule has 4 aromatic rings. The van der Waals surface area contributed by atoms with Gasteiger partial charge in [0.15, 0.2) is 11.3 Å². The number of alkyl halides is 3. The number of benzene rings is 2. The molecule has 162 valence electrons. The number of H-pyrrole nitrogens is 2. The van der Waals surface area contributed by atoms with Crippen molar-refractivity contribution in [3.63, 3.8) is 0 Å². The second kappa shape index (κ2) is 8.18. The highest BCUT2D eigenvalue weighted by molar-refractivity contribution is 5.98. The van der Waals surface area contributed by atoms with Crippen LogP contribution in [0.5, 0.6) is 5.75 Å². The first-order valence-electron chi connectivity index (χ1n) is 9.51. The largest absolute Gasteiger partial charge is 0.573 e. The summed E-state index contributed by atoms with van der Waals surface area (Å²) in [6.07, 6.45) is -3.20. The van der Waals surface area contributed by atoms with Crippen molar-refractivity contribution in [1.29, 1.82) is 5.41 Å². The molecule has 2 heterocycles. The number of pyridine rings is 2. The zero-order chi connectivity index (χ0) is 22.9. The van der Waals surface area contributed by atoms with Crippen molar-refractivity contribution in [1.82, 2.24) is 9.97 Å². The maximum Gasteiger partial charge on any atom is 0.573 e. The lowest BCUT2D eigenvalue weighted by molar-refractivity contribution is -0.274. The lowest BCUT2D eigenvalue weighted by atomic mass is 10.1. The molecule has 0 aliphatic heterocycles. The number of halogens is 3. The van der Waals surface area contributed by atoms with Gasteiger partial charge in [0.1, 0.15) is 11.2 Å². The summed E-state index contributed by atoms with van der Waals surface area (Å²) in [5.74, 6) is -0.448. The summed E-state index contributed by atoms with van der Waals surface area (Å²) >= 11 is 0. The topological polar surface area (TPSA) is 94.1 Å². The summed E-state index contributed by atoms with van der Waals surface area (Å²) in [5, 5.41) is 8.87. The van der Waals surface area contributed by atoms with Crippen molar-refractivity contribution < 1.29 is 17.9 Å². The van der Waals surface area contributed by atoms with Gasteiger partial charge >= 0.3 is 6.36 Å². The zero-order valence-electron chi connectivity index (χ0n) is 16.7. The lowest BCUT2D eigenvalue weighted by Crippen LogP contribution is -2.17. The van der Waals surface area contributed by atoms with Crippen LogP contribution in [0.15, 0.2) is 76.6 Å². The molecule has 0 aliphatic carbocycles. The molecule has 3 N–H and O–H groups in total. The Morgan fingerprint density at radius 2 is 1.81 bits per heavy atom. The molecular formula is C23H17F3N4O2. The fourth-order valence-electron chi connectivity index (χ4n) is 3.29. The van der Waals surface area contributed by atoms with E-state index in [-0.39, 0.29) is 17.0 Å². The highest BCUT2D eigenvalue weighted by Gasteiger charge is 2.31. The van der Waals surface area contributed by atoms with Crippen LogP contribution < -0.4 is 15.7 Å². The number of nitrogens with one attached hydrogen (secondary N) is 3. The number of fused-ring (bicyclic) bond motifs is 1. The molecule has 4 rings (SSSR count). The Balaban J connectivity index is 1.64. The standard InChI is InChI=1S/C23H17F3N4O2/c1-13-20(29-18-8-3-2-7-17(18)21(13)31)22(27)30-19-10-9-15(12-28-19)14-5-4-6-16(11-14)32-23(24,25)26/h2-12H,1H3,(H,29,31)(H2,27,28,30). The van der Waals surface area contributed by atoms with Gasteiger partial charge in [-0.3, -0.25) is 10.2 Å². The van der Waals surface area contributed by atoms with Gasteiger partial charge in [0.2, 0.25) is 0 Å². The summed E-state index contributed by atoms with van der Waals surface area (Å²) in [5.41, 5.74) is 2.60. The second-order valence-corrected chi connectivity index (χ2v) is 7.00. The summed E-state index contributed by atoms with van der Waals surface area (Å²) in [7, 11) is 0. The minimum absolute atomic E-state index is 0.130. The Bertz CT molecular complexity index is 1430. The highest BCUT2D eigenvalue weighted by atomic mass is 19.4. The molecule has 0 unspecified atom stereocenters. The van der Waals surface area contributed by atoms with Gasteiger partial charge in [-0.2, -0.15) is 0 Å². The molecule has 0 aliphatic rings. The van der Waals surface area contributed by atoms with Crippen molar-refractivity contribution in [3.05, 3.63) is 93.8 Å². The third-order valence-corrected chi connectivity index (χ3v) is 4.81. The van der Waals surface area contributed by atoms with Crippen molar-refractivity contribution in [2.45, 2.75) is 13.3 Å². The quantitative estimate of drug-likeness (QED) is 0.321. The van der Waals surface area contributed by atoms with E-state index >= 15 is 0 Å². The third kappa shape index (κ3) is 4.46. The van der Waals surface area contributed by atoms with Crippen molar-refractivity contribution in [3.8, 4) is 16.9 Å². The molecule has 0 saturated carbocycles. The predicted molar refractivity (Wildman–Crippen MR) is 115 cm³/mol. The van der Waals surface area contributed by atoms with E-state index in [1.165, 1.54) is 18.2 Å². The molecule has 6 nitrogen and oxygen atoms in total. The van der Waals surface area contributed by atoms with Gasteiger partial charge < -0.3 is 14.7 Å². The van der Waals surface area contributed by atoms with Gasteiger partial charge in [0.25, 0.3) is 0 Å². The van der Waals surface area contributed by atoms with E-state index < -0.39 is 6.36 Å². The number of amidine groups is 1. The van der Waals surface area contributed by atoms with Gasteiger partial charge in [0.05, 0.1) is 5.69 Å². The average Bonchev–Trinajstić information content (AvgIpc) is 2.76. The van der Waals surface area contributed by atoms with E-state index in [4.69, 9.17) is 5.41 Å². The number of aromatic nitrogens is 2. The van der Waals surface area contributed by atoms with Crippen LogP contribution in [0.4, 0.5) is 13.2 Å². The molecule has 0 radical (unpaired) electrons. The molecular weight excluding hydrogens is 421 g/mol. The minimum atomic E-state index is -4.77. The Hall–Kier alpha value is -4.14. The summed E-state index contributed by atoms with van der Waals surface area (Å²) in [6.45, 7) is 1.63. The van der Waals surface area contributed by atoms with E-state index in [0.29, 0.717) is 38.8 Å². The molecule has 32 heavy (non-hydrogen) atoms. The number of hydrogen-bond acceptors (Lipinski definition) is 3. The first kappa shape index (κ1) is 21.1. The van der Waals surface area contributed by atoms with Crippen LogP contribution in [0, 0.1) is 12.3 Å². The van der Waals surface area contributed by atoms with Crippen LogP contribution in [0.25, 0.3) is 22.0 Å². The van der Waals surface area contributed by atoms with Crippen LogP contribution in [0.1, 0.15) is 11.3 Å². The summed E-state index contributed by atoms with van der Waals surface area (Å²) in [6, 6.07) is 15.9.